The van der Waals surface area contributed by atoms with Gasteiger partial charge in [0.1, 0.15) is 5.75 Å². The molecule has 0 unspecified atom stereocenters. The lowest BCUT2D eigenvalue weighted by molar-refractivity contribution is -0.120. The van der Waals surface area contributed by atoms with Gasteiger partial charge in [-0.3, -0.25) is 4.79 Å². The number of rotatable bonds is 5. The summed E-state index contributed by atoms with van der Waals surface area (Å²) in [6, 6.07) is 7.26. The lowest BCUT2D eigenvalue weighted by atomic mass is 10.1. The minimum atomic E-state index is -0.878. The molecule has 0 aromatic heterocycles. The fourth-order valence-corrected chi connectivity index (χ4v) is 1.15. The van der Waals surface area contributed by atoms with Gasteiger partial charge in [-0.25, -0.2) is 0 Å². The molecule has 17 heavy (non-hydrogen) atoms. The fraction of sp³-hybridized carbons (Fsp3) is 0.462. The van der Waals surface area contributed by atoms with Crippen LogP contribution in [0.3, 0.4) is 0 Å². The van der Waals surface area contributed by atoms with E-state index in [1.807, 2.05) is 12.1 Å². The molecule has 0 fully saturated rings. The molecule has 1 aromatic carbocycles. The maximum atomic E-state index is 11.6. The molecule has 0 aliphatic carbocycles. The van der Waals surface area contributed by atoms with Crippen LogP contribution in [0.2, 0.25) is 0 Å². The lowest BCUT2D eigenvalue weighted by Gasteiger charge is -2.17. The Balaban J connectivity index is 2.59. The average Bonchev–Trinajstić information content (AvgIpc) is 2.27. The highest BCUT2D eigenvalue weighted by atomic mass is 16.5. The van der Waals surface area contributed by atoms with Gasteiger partial charge in [0.05, 0.1) is 12.1 Å². The molecule has 3 N–H and O–H groups in total. The summed E-state index contributed by atoms with van der Waals surface area (Å²) in [7, 11) is 0. The van der Waals surface area contributed by atoms with Gasteiger partial charge in [0.15, 0.2) is 0 Å². The lowest BCUT2D eigenvalue weighted by Crippen LogP contribution is -2.45. The third kappa shape index (κ3) is 4.44. The Morgan fingerprint density at radius 1 is 1.35 bits per heavy atom. The molecule has 1 amide bonds. The van der Waals surface area contributed by atoms with Crippen LogP contribution in [0.1, 0.15) is 27.2 Å². The molecule has 0 bridgehead atoms. The van der Waals surface area contributed by atoms with Crippen molar-refractivity contribution < 1.29 is 9.53 Å². The van der Waals surface area contributed by atoms with Crippen molar-refractivity contribution in [2.24, 2.45) is 5.73 Å². The number of hydrogen-bond acceptors (Lipinski definition) is 3. The van der Waals surface area contributed by atoms with E-state index in [-0.39, 0.29) is 5.91 Å². The Morgan fingerprint density at radius 3 is 2.41 bits per heavy atom. The van der Waals surface area contributed by atoms with E-state index in [1.165, 1.54) is 0 Å². The van der Waals surface area contributed by atoms with Crippen LogP contribution >= 0.6 is 0 Å². The molecule has 4 nitrogen and oxygen atoms in total. The molecule has 1 aromatic rings. The summed E-state index contributed by atoms with van der Waals surface area (Å²) in [6.45, 7) is 6.08. The van der Waals surface area contributed by atoms with E-state index in [4.69, 9.17) is 10.5 Å². The van der Waals surface area contributed by atoms with Crippen molar-refractivity contribution in [1.82, 2.24) is 0 Å². The molecule has 0 saturated heterocycles. The number of ether oxygens (including phenoxy) is 1. The Bertz CT molecular complexity index is 366. The largest absolute Gasteiger partial charge is 0.494 e. The first-order valence-corrected chi connectivity index (χ1v) is 5.76. The number of hydrogen-bond donors (Lipinski definition) is 2. The van der Waals surface area contributed by atoms with Crippen molar-refractivity contribution in [3.63, 3.8) is 0 Å². The van der Waals surface area contributed by atoms with Crippen LogP contribution in [0.15, 0.2) is 24.3 Å². The topological polar surface area (TPSA) is 64.3 Å². The summed E-state index contributed by atoms with van der Waals surface area (Å²) < 4.78 is 5.44. The summed E-state index contributed by atoms with van der Waals surface area (Å²) in [5.41, 5.74) is 5.53. The second-order valence-electron chi connectivity index (χ2n) is 4.55. The van der Waals surface area contributed by atoms with E-state index in [1.54, 1.807) is 26.0 Å². The van der Waals surface area contributed by atoms with Gasteiger partial charge in [-0.05, 0) is 44.5 Å². The number of benzene rings is 1. The number of amides is 1. The maximum absolute atomic E-state index is 11.6. The Labute approximate surface area is 102 Å². The van der Waals surface area contributed by atoms with E-state index in [0.717, 1.165) is 17.9 Å². The van der Waals surface area contributed by atoms with Gasteiger partial charge in [0.2, 0.25) is 5.91 Å². The predicted octanol–water partition coefficient (Wildman–Crippen LogP) is 2.15. The van der Waals surface area contributed by atoms with Crippen LogP contribution in [0.5, 0.6) is 5.75 Å². The van der Waals surface area contributed by atoms with Gasteiger partial charge in [-0.1, -0.05) is 6.92 Å². The molecule has 0 saturated carbocycles. The van der Waals surface area contributed by atoms with Gasteiger partial charge in [-0.15, -0.1) is 0 Å². The highest BCUT2D eigenvalue weighted by Gasteiger charge is 2.21. The minimum absolute atomic E-state index is 0.209. The molecule has 0 atom stereocenters. The molecule has 4 heteroatoms. The number of anilines is 1. The van der Waals surface area contributed by atoms with Crippen molar-refractivity contribution in [2.45, 2.75) is 32.7 Å². The summed E-state index contributed by atoms with van der Waals surface area (Å²) in [5.74, 6) is 0.594. The van der Waals surface area contributed by atoms with Crippen LogP contribution < -0.4 is 15.8 Å². The summed E-state index contributed by atoms with van der Waals surface area (Å²) >= 11 is 0. The van der Waals surface area contributed by atoms with Crippen molar-refractivity contribution >= 4 is 11.6 Å². The van der Waals surface area contributed by atoms with Gasteiger partial charge in [0.25, 0.3) is 0 Å². The summed E-state index contributed by atoms with van der Waals surface area (Å²) in [6.07, 6.45) is 0.972. The molecular weight excluding hydrogens is 216 g/mol. The Hall–Kier alpha value is -1.55. The second kappa shape index (κ2) is 5.68. The first-order valence-electron chi connectivity index (χ1n) is 5.76. The minimum Gasteiger partial charge on any atom is -0.494 e. The van der Waals surface area contributed by atoms with Crippen molar-refractivity contribution in [3.8, 4) is 5.75 Å². The van der Waals surface area contributed by atoms with E-state index >= 15 is 0 Å². The van der Waals surface area contributed by atoms with E-state index in [2.05, 4.69) is 12.2 Å². The normalized spacial score (nSPS) is 11.1. The molecule has 0 radical (unpaired) electrons. The first kappa shape index (κ1) is 13.5. The zero-order valence-corrected chi connectivity index (χ0v) is 10.6. The van der Waals surface area contributed by atoms with Gasteiger partial charge in [-0.2, -0.15) is 0 Å². The summed E-state index contributed by atoms with van der Waals surface area (Å²) in [5, 5.41) is 2.75. The van der Waals surface area contributed by atoms with Crippen LogP contribution in [0, 0.1) is 0 Å². The van der Waals surface area contributed by atoms with Crippen LogP contribution in [-0.2, 0) is 4.79 Å². The van der Waals surface area contributed by atoms with Gasteiger partial charge in [0, 0.05) is 5.69 Å². The summed E-state index contributed by atoms with van der Waals surface area (Å²) in [4.78, 5) is 11.6. The zero-order valence-electron chi connectivity index (χ0n) is 10.6. The van der Waals surface area contributed by atoms with Crippen molar-refractivity contribution in [1.29, 1.82) is 0 Å². The maximum Gasteiger partial charge on any atom is 0.243 e. The molecule has 0 aliphatic heterocycles. The first-order chi connectivity index (χ1) is 7.93. The monoisotopic (exact) mass is 236 g/mol. The van der Waals surface area contributed by atoms with Crippen LogP contribution in [-0.4, -0.2) is 18.1 Å². The van der Waals surface area contributed by atoms with Crippen LogP contribution in [0.4, 0.5) is 5.69 Å². The van der Waals surface area contributed by atoms with E-state index < -0.39 is 5.54 Å². The third-order valence-electron chi connectivity index (χ3n) is 2.17. The van der Waals surface area contributed by atoms with E-state index in [0.29, 0.717) is 6.61 Å². The molecule has 0 aliphatic rings. The number of nitrogens with one attached hydrogen (secondary N) is 1. The zero-order chi connectivity index (χ0) is 12.9. The molecular formula is C13H20N2O2. The fourth-order valence-electron chi connectivity index (χ4n) is 1.15. The molecule has 0 heterocycles. The van der Waals surface area contributed by atoms with Crippen molar-refractivity contribution in [3.05, 3.63) is 24.3 Å². The SMILES string of the molecule is CCCOc1ccc(NC(=O)C(C)(C)N)cc1. The average molecular weight is 236 g/mol. The highest BCUT2D eigenvalue weighted by molar-refractivity contribution is 5.97. The molecule has 1 rings (SSSR count). The predicted molar refractivity (Wildman–Crippen MR) is 69.1 cm³/mol. The highest BCUT2D eigenvalue weighted by Crippen LogP contribution is 2.16. The third-order valence-corrected chi connectivity index (χ3v) is 2.17. The van der Waals surface area contributed by atoms with Gasteiger partial charge < -0.3 is 15.8 Å². The second-order valence-corrected chi connectivity index (χ2v) is 4.55. The standard InChI is InChI=1S/C13H20N2O2/c1-4-9-17-11-7-5-10(6-8-11)15-12(16)13(2,3)14/h5-8H,4,9,14H2,1-3H3,(H,15,16). The van der Waals surface area contributed by atoms with E-state index in [9.17, 15) is 4.79 Å². The van der Waals surface area contributed by atoms with Crippen molar-refractivity contribution in [2.75, 3.05) is 11.9 Å². The number of carbonyl (C=O) groups is 1. The smallest absolute Gasteiger partial charge is 0.243 e. The quantitative estimate of drug-likeness (QED) is 0.823. The Kier molecular flexibility index (Phi) is 4.52. The van der Waals surface area contributed by atoms with Gasteiger partial charge >= 0.3 is 0 Å². The molecule has 94 valence electrons. The molecule has 0 spiro atoms. The number of nitrogens with two attached hydrogens (primary N) is 1. The van der Waals surface area contributed by atoms with Crippen LogP contribution in [0.25, 0.3) is 0 Å². The Morgan fingerprint density at radius 2 is 1.94 bits per heavy atom. The number of carbonyl (C=O) groups excluding carboxylic acids is 1.